The fourth-order valence-electron chi connectivity index (χ4n) is 5.51. The molecule has 4 heteroatoms. The highest BCUT2D eigenvalue weighted by Gasteiger charge is 2.42. The number of aliphatic hydroxyl groups is 1. The Morgan fingerprint density at radius 1 is 0.794 bits per heavy atom. The van der Waals surface area contributed by atoms with Crippen LogP contribution in [-0.4, -0.2) is 14.7 Å². The van der Waals surface area contributed by atoms with Crippen LogP contribution in [0.4, 0.5) is 0 Å². The standard InChI is InChI=1S/C30H26N2OS/c33-29(19-10-17-27-26(29)18-20-34-27)28-21-32(22-31-28)30(23-11-4-1-5-12-23,24-13-6-2-7-14-24)25-15-8-3-9-16-25/h1-9,11-16,18,20-22,33H,10,17,19H2/t29-/m1/s1. The van der Waals surface area contributed by atoms with Gasteiger partial charge in [0.25, 0.3) is 0 Å². The summed E-state index contributed by atoms with van der Waals surface area (Å²) in [4.78, 5) is 6.12. The SMILES string of the molecule is O[C@]1(c2cn(C(c3ccccc3)(c3ccccc3)c3ccccc3)cn2)CCCc2sccc21. The molecule has 0 amide bonds. The van der Waals surface area contributed by atoms with E-state index >= 15 is 0 Å². The number of hydrogen-bond acceptors (Lipinski definition) is 3. The van der Waals surface area contributed by atoms with E-state index in [1.165, 1.54) is 4.88 Å². The third-order valence-corrected chi connectivity index (χ3v) is 8.08. The second kappa shape index (κ2) is 8.39. The quantitative estimate of drug-likeness (QED) is 0.309. The maximum Gasteiger partial charge on any atom is 0.134 e. The number of benzene rings is 3. The highest BCUT2D eigenvalue weighted by atomic mass is 32.1. The van der Waals surface area contributed by atoms with Gasteiger partial charge in [-0.2, -0.15) is 0 Å². The molecule has 0 bridgehead atoms. The average molecular weight is 463 g/mol. The molecule has 0 radical (unpaired) electrons. The predicted octanol–water partition coefficient (Wildman–Crippen LogP) is 6.36. The second-order valence-corrected chi connectivity index (χ2v) is 9.95. The number of rotatable bonds is 5. The van der Waals surface area contributed by atoms with E-state index in [2.05, 4.69) is 95.0 Å². The molecule has 0 unspecified atom stereocenters. The van der Waals surface area contributed by atoms with Crippen molar-refractivity contribution >= 4 is 11.3 Å². The summed E-state index contributed by atoms with van der Waals surface area (Å²) >= 11 is 1.73. The zero-order valence-electron chi connectivity index (χ0n) is 18.8. The number of imidazole rings is 1. The van der Waals surface area contributed by atoms with E-state index < -0.39 is 11.1 Å². The van der Waals surface area contributed by atoms with Crippen LogP contribution < -0.4 is 0 Å². The van der Waals surface area contributed by atoms with Gasteiger partial charge in [0.1, 0.15) is 11.1 Å². The van der Waals surface area contributed by atoms with Crippen LogP contribution in [0.25, 0.3) is 0 Å². The Morgan fingerprint density at radius 3 is 1.91 bits per heavy atom. The van der Waals surface area contributed by atoms with E-state index in [1.807, 2.05) is 24.5 Å². The lowest BCUT2D eigenvalue weighted by atomic mass is 9.76. The van der Waals surface area contributed by atoms with Gasteiger partial charge in [-0.25, -0.2) is 4.98 Å². The van der Waals surface area contributed by atoms with E-state index in [0.717, 1.165) is 35.1 Å². The molecule has 0 aliphatic heterocycles. The number of aryl methyl sites for hydroxylation is 1. The molecule has 3 nitrogen and oxygen atoms in total. The van der Waals surface area contributed by atoms with Gasteiger partial charge in [0, 0.05) is 16.6 Å². The molecule has 0 fully saturated rings. The third kappa shape index (κ3) is 3.17. The van der Waals surface area contributed by atoms with E-state index in [0.29, 0.717) is 12.1 Å². The van der Waals surface area contributed by atoms with Crippen molar-refractivity contribution in [2.24, 2.45) is 0 Å². The van der Waals surface area contributed by atoms with Crippen molar-refractivity contribution in [3.05, 3.63) is 148 Å². The molecule has 2 heterocycles. The van der Waals surface area contributed by atoms with Crippen LogP contribution in [0.1, 0.15) is 45.7 Å². The minimum Gasteiger partial charge on any atom is -0.379 e. The molecule has 0 saturated heterocycles. The zero-order valence-corrected chi connectivity index (χ0v) is 19.7. The zero-order chi connectivity index (χ0) is 23.0. The lowest BCUT2D eigenvalue weighted by Gasteiger charge is -2.37. The number of nitrogens with zero attached hydrogens (tertiary/aromatic N) is 2. The van der Waals surface area contributed by atoms with E-state index in [4.69, 9.17) is 4.98 Å². The van der Waals surface area contributed by atoms with Crippen LogP contribution in [0.2, 0.25) is 0 Å². The van der Waals surface area contributed by atoms with Gasteiger partial charge in [-0.05, 0) is 47.4 Å². The van der Waals surface area contributed by atoms with Gasteiger partial charge in [0.05, 0.1) is 12.0 Å². The average Bonchev–Trinajstić information content (AvgIpc) is 3.59. The summed E-state index contributed by atoms with van der Waals surface area (Å²) in [5.41, 5.74) is 3.46. The molecule has 6 rings (SSSR count). The van der Waals surface area contributed by atoms with Crippen molar-refractivity contribution < 1.29 is 5.11 Å². The summed E-state index contributed by atoms with van der Waals surface area (Å²) in [5.74, 6) is 0. The van der Waals surface area contributed by atoms with Gasteiger partial charge >= 0.3 is 0 Å². The van der Waals surface area contributed by atoms with E-state index in [-0.39, 0.29) is 0 Å². The molecule has 1 N–H and O–H groups in total. The molecule has 34 heavy (non-hydrogen) atoms. The first-order chi connectivity index (χ1) is 16.7. The van der Waals surface area contributed by atoms with Crippen molar-refractivity contribution in [3.63, 3.8) is 0 Å². The van der Waals surface area contributed by atoms with Gasteiger partial charge in [0.15, 0.2) is 0 Å². The Bertz CT molecular complexity index is 1290. The summed E-state index contributed by atoms with van der Waals surface area (Å²) in [7, 11) is 0. The lowest BCUT2D eigenvalue weighted by molar-refractivity contribution is 0.0583. The molecule has 5 aromatic rings. The molecule has 0 spiro atoms. The molecular weight excluding hydrogens is 436 g/mol. The van der Waals surface area contributed by atoms with Crippen LogP contribution in [0.5, 0.6) is 0 Å². The normalized spacial score (nSPS) is 17.9. The maximum atomic E-state index is 11.9. The first kappa shape index (κ1) is 21.1. The number of hydrogen-bond donors (Lipinski definition) is 1. The highest BCUT2D eigenvalue weighted by Crippen LogP contribution is 2.45. The smallest absolute Gasteiger partial charge is 0.134 e. The van der Waals surface area contributed by atoms with Gasteiger partial charge < -0.3 is 9.67 Å². The van der Waals surface area contributed by atoms with Crippen molar-refractivity contribution in [2.45, 2.75) is 30.4 Å². The van der Waals surface area contributed by atoms with Gasteiger partial charge in [-0.3, -0.25) is 0 Å². The van der Waals surface area contributed by atoms with Crippen molar-refractivity contribution in [3.8, 4) is 0 Å². The van der Waals surface area contributed by atoms with E-state index in [1.54, 1.807) is 11.3 Å². The van der Waals surface area contributed by atoms with Crippen molar-refractivity contribution in [1.82, 2.24) is 9.55 Å². The summed E-state index contributed by atoms with van der Waals surface area (Å²) in [6.45, 7) is 0. The number of thiophene rings is 1. The predicted molar refractivity (Wildman–Crippen MR) is 137 cm³/mol. The van der Waals surface area contributed by atoms with Crippen molar-refractivity contribution in [2.75, 3.05) is 0 Å². The third-order valence-electron chi connectivity index (χ3n) is 7.10. The summed E-state index contributed by atoms with van der Waals surface area (Å²) in [6, 6.07) is 33.7. The molecule has 2 aromatic heterocycles. The summed E-state index contributed by atoms with van der Waals surface area (Å²) < 4.78 is 2.18. The van der Waals surface area contributed by atoms with Crippen LogP contribution in [0, 0.1) is 0 Å². The minimum atomic E-state index is -1.06. The van der Waals surface area contributed by atoms with Crippen LogP contribution in [-0.2, 0) is 17.6 Å². The first-order valence-corrected chi connectivity index (χ1v) is 12.6. The fourth-order valence-corrected chi connectivity index (χ4v) is 6.51. The largest absolute Gasteiger partial charge is 0.379 e. The number of aromatic nitrogens is 2. The highest BCUT2D eigenvalue weighted by molar-refractivity contribution is 7.10. The van der Waals surface area contributed by atoms with E-state index in [9.17, 15) is 5.11 Å². The number of fused-ring (bicyclic) bond motifs is 1. The Morgan fingerprint density at radius 2 is 1.35 bits per heavy atom. The molecular formula is C30H26N2OS. The molecule has 1 aliphatic rings. The molecule has 0 saturated carbocycles. The Labute approximate surface area is 204 Å². The fraction of sp³-hybridized carbons (Fsp3) is 0.167. The molecule has 1 aliphatic carbocycles. The van der Waals surface area contributed by atoms with Crippen LogP contribution in [0.15, 0.2) is 115 Å². The lowest BCUT2D eigenvalue weighted by Crippen LogP contribution is -2.37. The topological polar surface area (TPSA) is 38.0 Å². The monoisotopic (exact) mass is 462 g/mol. The Kier molecular flexibility index (Phi) is 5.20. The second-order valence-electron chi connectivity index (χ2n) is 8.95. The van der Waals surface area contributed by atoms with Gasteiger partial charge in [0.2, 0.25) is 0 Å². The Balaban J connectivity index is 1.62. The molecule has 168 valence electrons. The molecule has 3 aromatic carbocycles. The maximum absolute atomic E-state index is 11.9. The first-order valence-electron chi connectivity index (χ1n) is 11.7. The van der Waals surface area contributed by atoms with Crippen LogP contribution in [0.3, 0.4) is 0 Å². The van der Waals surface area contributed by atoms with Gasteiger partial charge in [-0.1, -0.05) is 91.0 Å². The minimum absolute atomic E-state index is 0.627. The summed E-state index contributed by atoms with van der Waals surface area (Å²) in [6.07, 6.45) is 6.61. The van der Waals surface area contributed by atoms with Crippen molar-refractivity contribution in [1.29, 1.82) is 0 Å². The summed E-state index contributed by atoms with van der Waals surface area (Å²) in [5, 5.41) is 14.0. The Hall–Kier alpha value is -3.47. The molecule has 1 atom stereocenters. The van der Waals surface area contributed by atoms with Crippen LogP contribution >= 0.6 is 11.3 Å². The van der Waals surface area contributed by atoms with Gasteiger partial charge in [-0.15, -0.1) is 11.3 Å².